The maximum absolute atomic E-state index is 13.0. The molecule has 0 saturated carbocycles. The Balaban J connectivity index is 2.34. The van der Waals surface area contributed by atoms with Crippen molar-refractivity contribution in [1.82, 2.24) is 10.0 Å². The zero-order valence-corrected chi connectivity index (χ0v) is 16.7. The van der Waals surface area contributed by atoms with Crippen LogP contribution in [-0.2, 0) is 10.0 Å². The van der Waals surface area contributed by atoms with Crippen LogP contribution in [0.25, 0.3) is 0 Å². The van der Waals surface area contributed by atoms with E-state index in [2.05, 4.69) is 16.6 Å². The lowest BCUT2D eigenvalue weighted by molar-refractivity contribution is 0.0958. The molecule has 27 heavy (non-hydrogen) atoms. The molecule has 5 nitrogen and oxygen atoms in total. The molecule has 2 aromatic carbocycles. The van der Waals surface area contributed by atoms with Crippen molar-refractivity contribution in [2.24, 2.45) is 5.41 Å². The molecule has 0 radical (unpaired) electrons. The fraction of sp³-hybridized carbons (Fsp3) is 0.286. The largest absolute Gasteiger partial charge is 0.349 e. The summed E-state index contributed by atoms with van der Waals surface area (Å²) in [4.78, 5) is 12.2. The molecule has 0 aliphatic heterocycles. The van der Waals surface area contributed by atoms with Gasteiger partial charge in [-0.05, 0) is 29.2 Å². The normalized spacial score (nSPS) is 13.0. The topological polar surface area (TPSA) is 75.3 Å². The summed E-state index contributed by atoms with van der Waals surface area (Å²) in [5, 5.41) is 2.65. The third kappa shape index (κ3) is 5.52. The highest BCUT2D eigenvalue weighted by Gasteiger charge is 2.31. The van der Waals surface area contributed by atoms with Crippen molar-refractivity contribution in [3.8, 4) is 0 Å². The standard InChI is InChI=1S/C21H26N2O3S/c1-5-14-22-20(24)17-12-9-13-18(15-17)27(25,26)23-19(21(2,3)4)16-10-7-6-8-11-16/h5-13,15,19,23H,1,14H2,2-4H3,(H,22,24). The van der Waals surface area contributed by atoms with Crippen LogP contribution in [0, 0.1) is 5.41 Å². The minimum atomic E-state index is -3.82. The molecular weight excluding hydrogens is 360 g/mol. The quantitative estimate of drug-likeness (QED) is 0.713. The number of amides is 1. The summed E-state index contributed by atoms with van der Waals surface area (Å²) in [5.74, 6) is -0.345. The van der Waals surface area contributed by atoms with Crippen LogP contribution < -0.4 is 10.0 Å². The summed E-state index contributed by atoms with van der Waals surface area (Å²) in [6.07, 6.45) is 1.56. The highest BCUT2D eigenvalue weighted by atomic mass is 32.2. The van der Waals surface area contributed by atoms with E-state index in [4.69, 9.17) is 0 Å². The summed E-state index contributed by atoms with van der Waals surface area (Å²) in [6, 6.07) is 15.0. The van der Waals surface area contributed by atoms with Crippen LogP contribution >= 0.6 is 0 Å². The van der Waals surface area contributed by atoms with Gasteiger partial charge in [-0.15, -0.1) is 6.58 Å². The average Bonchev–Trinajstić information content (AvgIpc) is 2.64. The average molecular weight is 387 g/mol. The van der Waals surface area contributed by atoms with Gasteiger partial charge >= 0.3 is 0 Å². The lowest BCUT2D eigenvalue weighted by Crippen LogP contribution is -2.36. The van der Waals surface area contributed by atoms with E-state index in [9.17, 15) is 13.2 Å². The van der Waals surface area contributed by atoms with Gasteiger partial charge < -0.3 is 5.32 Å². The van der Waals surface area contributed by atoms with Crippen molar-refractivity contribution >= 4 is 15.9 Å². The van der Waals surface area contributed by atoms with Gasteiger partial charge in [-0.3, -0.25) is 4.79 Å². The van der Waals surface area contributed by atoms with Crippen LogP contribution in [0.2, 0.25) is 0 Å². The lowest BCUT2D eigenvalue weighted by atomic mass is 9.83. The molecule has 2 N–H and O–H groups in total. The van der Waals surface area contributed by atoms with E-state index in [0.29, 0.717) is 6.54 Å². The summed E-state index contributed by atoms with van der Waals surface area (Å²) in [6.45, 7) is 9.80. The third-order valence-corrected chi connectivity index (χ3v) is 5.51. The minimum absolute atomic E-state index is 0.0546. The van der Waals surface area contributed by atoms with Crippen LogP contribution in [-0.4, -0.2) is 20.9 Å². The van der Waals surface area contributed by atoms with Gasteiger partial charge in [0.1, 0.15) is 0 Å². The first-order valence-electron chi connectivity index (χ1n) is 8.71. The first kappa shape index (κ1) is 20.9. The Morgan fingerprint density at radius 1 is 1.11 bits per heavy atom. The van der Waals surface area contributed by atoms with Crippen molar-refractivity contribution in [2.45, 2.75) is 31.7 Å². The number of benzene rings is 2. The Hall–Kier alpha value is -2.44. The first-order chi connectivity index (χ1) is 12.6. The summed E-state index contributed by atoms with van der Waals surface area (Å²) < 4.78 is 28.8. The van der Waals surface area contributed by atoms with E-state index in [1.165, 1.54) is 12.1 Å². The number of rotatable bonds is 7. The molecule has 144 valence electrons. The van der Waals surface area contributed by atoms with Gasteiger partial charge in [0, 0.05) is 12.1 Å². The number of sulfonamides is 1. The van der Waals surface area contributed by atoms with Gasteiger partial charge in [0.05, 0.1) is 10.9 Å². The number of nitrogens with one attached hydrogen (secondary N) is 2. The number of carbonyl (C=O) groups is 1. The molecule has 1 atom stereocenters. The highest BCUT2D eigenvalue weighted by molar-refractivity contribution is 7.89. The second-order valence-corrected chi connectivity index (χ2v) is 9.07. The summed E-state index contributed by atoms with van der Waals surface area (Å²) in [7, 11) is -3.82. The molecule has 0 aliphatic carbocycles. The molecule has 1 amide bonds. The van der Waals surface area contributed by atoms with Gasteiger partial charge in [-0.25, -0.2) is 13.1 Å². The Labute approximate surface area is 161 Å². The minimum Gasteiger partial charge on any atom is -0.349 e. The fourth-order valence-electron chi connectivity index (χ4n) is 2.68. The van der Waals surface area contributed by atoms with Crippen LogP contribution in [0.1, 0.15) is 42.7 Å². The molecular formula is C21H26N2O3S. The van der Waals surface area contributed by atoms with Crippen molar-refractivity contribution in [3.05, 3.63) is 78.4 Å². The zero-order valence-electron chi connectivity index (χ0n) is 15.9. The van der Waals surface area contributed by atoms with E-state index >= 15 is 0 Å². The first-order valence-corrected chi connectivity index (χ1v) is 10.2. The number of hydrogen-bond donors (Lipinski definition) is 2. The highest BCUT2D eigenvalue weighted by Crippen LogP contribution is 2.34. The summed E-state index contributed by atoms with van der Waals surface area (Å²) >= 11 is 0. The molecule has 6 heteroatoms. The second-order valence-electron chi connectivity index (χ2n) is 7.36. The van der Waals surface area contributed by atoms with Crippen molar-refractivity contribution in [1.29, 1.82) is 0 Å². The Kier molecular flexibility index (Phi) is 6.57. The molecule has 1 unspecified atom stereocenters. The number of carbonyl (C=O) groups excluding carboxylic acids is 1. The van der Waals surface area contributed by atoms with Crippen LogP contribution in [0.3, 0.4) is 0 Å². The maximum atomic E-state index is 13.0. The molecule has 0 bridgehead atoms. The molecule has 0 spiro atoms. The van der Waals surface area contributed by atoms with E-state index in [0.717, 1.165) is 5.56 Å². The molecule has 0 fully saturated rings. The van der Waals surface area contributed by atoms with Gasteiger partial charge in [0.2, 0.25) is 10.0 Å². The second kappa shape index (κ2) is 8.50. The monoisotopic (exact) mass is 386 g/mol. The van der Waals surface area contributed by atoms with Crippen LogP contribution in [0.4, 0.5) is 0 Å². The van der Waals surface area contributed by atoms with Crippen LogP contribution in [0.15, 0.2) is 72.1 Å². The van der Waals surface area contributed by atoms with Gasteiger partial charge in [-0.1, -0.05) is 63.2 Å². The molecule has 2 rings (SSSR count). The fourth-order valence-corrected chi connectivity index (χ4v) is 4.16. The third-order valence-electron chi connectivity index (χ3n) is 4.09. The Morgan fingerprint density at radius 3 is 2.37 bits per heavy atom. The predicted molar refractivity (Wildman–Crippen MR) is 108 cm³/mol. The van der Waals surface area contributed by atoms with Crippen LogP contribution in [0.5, 0.6) is 0 Å². The molecule has 0 aliphatic rings. The van der Waals surface area contributed by atoms with E-state index < -0.39 is 16.1 Å². The lowest BCUT2D eigenvalue weighted by Gasteiger charge is -2.31. The molecule has 0 saturated heterocycles. The molecule has 0 heterocycles. The molecule has 2 aromatic rings. The Bertz CT molecular complexity index is 901. The van der Waals surface area contributed by atoms with E-state index in [1.807, 2.05) is 51.1 Å². The van der Waals surface area contributed by atoms with Crippen molar-refractivity contribution in [2.75, 3.05) is 6.54 Å². The van der Waals surface area contributed by atoms with Crippen molar-refractivity contribution in [3.63, 3.8) is 0 Å². The maximum Gasteiger partial charge on any atom is 0.251 e. The van der Waals surface area contributed by atoms with Gasteiger partial charge in [0.15, 0.2) is 0 Å². The summed E-state index contributed by atoms with van der Waals surface area (Å²) in [5.41, 5.74) is 0.827. The predicted octanol–water partition coefficient (Wildman–Crippen LogP) is 3.67. The Morgan fingerprint density at radius 2 is 1.78 bits per heavy atom. The number of hydrogen-bond acceptors (Lipinski definition) is 3. The van der Waals surface area contributed by atoms with E-state index in [1.54, 1.807) is 18.2 Å². The van der Waals surface area contributed by atoms with Crippen molar-refractivity contribution < 1.29 is 13.2 Å². The SMILES string of the molecule is C=CCNC(=O)c1cccc(S(=O)(=O)NC(c2ccccc2)C(C)(C)C)c1. The van der Waals surface area contributed by atoms with Gasteiger partial charge in [0.25, 0.3) is 5.91 Å². The zero-order chi connectivity index (χ0) is 20.1. The van der Waals surface area contributed by atoms with E-state index in [-0.39, 0.29) is 21.8 Å². The smallest absolute Gasteiger partial charge is 0.251 e. The van der Waals surface area contributed by atoms with Gasteiger partial charge in [-0.2, -0.15) is 0 Å². The molecule has 0 aromatic heterocycles.